The molecule has 25 heavy (non-hydrogen) atoms. The van der Waals surface area contributed by atoms with Crippen LogP contribution < -0.4 is 10.6 Å². The lowest BCUT2D eigenvalue weighted by molar-refractivity contribution is -0.113. The van der Waals surface area contributed by atoms with E-state index < -0.39 is 0 Å². The van der Waals surface area contributed by atoms with Gasteiger partial charge in [0.1, 0.15) is 0 Å². The first-order valence-corrected chi connectivity index (χ1v) is 10.2. The van der Waals surface area contributed by atoms with Crippen LogP contribution in [0.25, 0.3) is 0 Å². The Bertz CT molecular complexity index is 629. The van der Waals surface area contributed by atoms with Crippen LogP contribution >= 0.6 is 11.8 Å². The van der Waals surface area contributed by atoms with Crippen molar-refractivity contribution in [3.05, 3.63) is 23.8 Å². The van der Waals surface area contributed by atoms with Gasteiger partial charge in [0.05, 0.1) is 11.4 Å². The fourth-order valence-electron chi connectivity index (χ4n) is 3.56. The highest BCUT2D eigenvalue weighted by Gasteiger charge is 2.18. The molecule has 5 nitrogen and oxygen atoms in total. The van der Waals surface area contributed by atoms with E-state index in [1.165, 1.54) is 43.9 Å². The van der Waals surface area contributed by atoms with Crippen molar-refractivity contribution in [3.8, 4) is 0 Å². The first-order valence-electron chi connectivity index (χ1n) is 9.18. The van der Waals surface area contributed by atoms with Gasteiger partial charge in [-0.25, -0.2) is 0 Å². The Hall–Kier alpha value is -1.53. The molecule has 0 radical (unpaired) electrons. The number of benzene rings is 1. The van der Waals surface area contributed by atoms with E-state index in [1.807, 2.05) is 12.1 Å². The third-order valence-corrected chi connectivity index (χ3v) is 6.12. The van der Waals surface area contributed by atoms with Gasteiger partial charge in [-0.3, -0.25) is 9.59 Å². The minimum atomic E-state index is -0.0760. The maximum absolute atomic E-state index is 12.3. The number of fused-ring (bicyclic) bond motifs is 1. The average Bonchev–Trinajstić information content (AvgIpc) is 2.65. The Morgan fingerprint density at radius 3 is 2.92 bits per heavy atom. The first-order chi connectivity index (χ1) is 12.1. The second-order valence-electron chi connectivity index (χ2n) is 6.93. The quantitative estimate of drug-likeness (QED) is 0.764. The summed E-state index contributed by atoms with van der Waals surface area (Å²) in [5.41, 5.74) is 1.34. The fraction of sp³-hybridized carbons (Fsp3) is 0.579. The third-order valence-electron chi connectivity index (χ3n) is 5.05. The molecular weight excluding hydrogens is 334 g/mol. The van der Waals surface area contributed by atoms with E-state index in [1.54, 1.807) is 6.07 Å². The van der Waals surface area contributed by atoms with Gasteiger partial charge in [-0.1, -0.05) is 19.3 Å². The van der Waals surface area contributed by atoms with Crippen molar-refractivity contribution in [3.63, 3.8) is 0 Å². The number of nitrogens with one attached hydrogen (secondary N) is 2. The van der Waals surface area contributed by atoms with Gasteiger partial charge in [0.25, 0.3) is 5.91 Å². The standard InChI is InChI=1S/C19H27N3O2S/c1-22(15-6-3-2-4-7-15)11-5-10-20-19(24)14-8-9-17-16(12-14)21-18(23)13-25-17/h8-9,12,15H,2-7,10-11,13H2,1H3,(H,20,24)(H,21,23). The normalized spacial score (nSPS) is 17.9. The molecule has 0 unspecified atom stereocenters. The van der Waals surface area contributed by atoms with Gasteiger partial charge < -0.3 is 15.5 Å². The summed E-state index contributed by atoms with van der Waals surface area (Å²) in [5.74, 6) is 0.348. The van der Waals surface area contributed by atoms with Gasteiger partial charge in [-0.15, -0.1) is 11.8 Å². The van der Waals surface area contributed by atoms with Crippen molar-refractivity contribution in [1.29, 1.82) is 0 Å². The molecule has 0 bridgehead atoms. The van der Waals surface area contributed by atoms with E-state index in [9.17, 15) is 9.59 Å². The van der Waals surface area contributed by atoms with Gasteiger partial charge >= 0.3 is 0 Å². The van der Waals surface area contributed by atoms with E-state index in [-0.39, 0.29) is 11.8 Å². The molecule has 1 aromatic carbocycles. The minimum Gasteiger partial charge on any atom is -0.352 e. The number of rotatable bonds is 6. The molecule has 2 aliphatic rings. The second kappa shape index (κ2) is 8.72. The van der Waals surface area contributed by atoms with Gasteiger partial charge in [0.15, 0.2) is 0 Å². The topological polar surface area (TPSA) is 61.4 Å². The van der Waals surface area contributed by atoms with Crippen LogP contribution in [0.4, 0.5) is 5.69 Å². The first kappa shape index (κ1) is 18.3. The summed E-state index contributed by atoms with van der Waals surface area (Å²) in [4.78, 5) is 27.2. The molecule has 1 aromatic rings. The van der Waals surface area contributed by atoms with Crippen LogP contribution in [-0.4, -0.2) is 48.6 Å². The molecule has 0 spiro atoms. The molecule has 2 N–H and O–H groups in total. The van der Waals surface area contributed by atoms with E-state index in [0.29, 0.717) is 23.9 Å². The van der Waals surface area contributed by atoms with Crippen molar-refractivity contribution in [2.75, 3.05) is 31.2 Å². The summed E-state index contributed by atoms with van der Waals surface area (Å²) in [6.07, 6.45) is 7.64. The maximum atomic E-state index is 12.3. The smallest absolute Gasteiger partial charge is 0.251 e. The number of amides is 2. The highest BCUT2D eigenvalue weighted by Crippen LogP contribution is 2.31. The average molecular weight is 362 g/mol. The van der Waals surface area contributed by atoms with Crippen LogP contribution in [0.5, 0.6) is 0 Å². The highest BCUT2D eigenvalue weighted by atomic mass is 32.2. The van der Waals surface area contributed by atoms with Crippen LogP contribution in [0.3, 0.4) is 0 Å². The molecule has 136 valence electrons. The van der Waals surface area contributed by atoms with E-state index in [0.717, 1.165) is 23.5 Å². The molecular formula is C19H27N3O2S. The zero-order chi connectivity index (χ0) is 17.6. The zero-order valence-electron chi connectivity index (χ0n) is 14.8. The summed E-state index contributed by atoms with van der Waals surface area (Å²) in [6.45, 7) is 1.69. The molecule has 0 atom stereocenters. The SMILES string of the molecule is CN(CCCNC(=O)c1ccc2c(c1)NC(=O)CS2)C1CCCCC1. The Morgan fingerprint density at radius 1 is 1.32 bits per heavy atom. The predicted octanol–water partition coefficient (Wildman–Crippen LogP) is 3.12. The maximum Gasteiger partial charge on any atom is 0.251 e. The lowest BCUT2D eigenvalue weighted by Gasteiger charge is -2.31. The van der Waals surface area contributed by atoms with Crippen molar-refractivity contribution >= 4 is 29.3 Å². The van der Waals surface area contributed by atoms with Crippen molar-refractivity contribution < 1.29 is 9.59 Å². The number of thioether (sulfide) groups is 1. The monoisotopic (exact) mass is 361 g/mol. The number of nitrogens with zero attached hydrogens (tertiary/aromatic N) is 1. The molecule has 1 aliphatic carbocycles. The summed E-state index contributed by atoms with van der Waals surface area (Å²) in [6, 6.07) is 6.21. The summed E-state index contributed by atoms with van der Waals surface area (Å²) in [7, 11) is 2.20. The van der Waals surface area contributed by atoms with E-state index in [2.05, 4.69) is 22.6 Å². The van der Waals surface area contributed by atoms with E-state index >= 15 is 0 Å². The minimum absolute atomic E-state index is 0.0131. The summed E-state index contributed by atoms with van der Waals surface area (Å²) >= 11 is 1.51. The molecule has 0 aromatic heterocycles. The van der Waals surface area contributed by atoms with Gasteiger partial charge in [-0.05, 0) is 51.1 Å². The van der Waals surface area contributed by atoms with Crippen LogP contribution in [0.15, 0.2) is 23.1 Å². The van der Waals surface area contributed by atoms with Gasteiger partial charge in [-0.2, -0.15) is 0 Å². The molecule has 6 heteroatoms. The van der Waals surface area contributed by atoms with Crippen molar-refractivity contribution in [2.24, 2.45) is 0 Å². The lowest BCUT2D eigenvalue weighted by Crippen LogP contribution is -2.35. The van der Waals surface area contributed by atoms with Crippen LogP contribution in [0.1, 0.15) is 48.9 Å². The fourth-order valence-corrected chi connectivity index (χ4v) is 4.35. The van der Waals surface area contributed by atoms with Crippen molar-refractivity contribution in [1.82, 2.24) is 10.2 Å². The van der Waals surface area contributed by atoms with Crippen molar-refractivity contribution in [2.45, 2.75) is 49.5 Å². The van der Waals surface area contributed by atoms with Gasteiger partial charge in [0.2, 0.25) is 5.91 Å². The number of carbonyl (C=O) groups excluding carboxylic acids is 2. The number of anilines is 1. The number of carbonyl (C=O) groups is 2. The molecule has 2 amide bonds. The van der Waals surface area contributed by atoms with E-state index in [4.69, 9.17) is 0 Å². The van der Waals surface area contributed by atoms with Crippen LogP contribution in [-0.2, 0) is 4.79 Å². The largest absolute Gasteiger partial charge is 0.352 e. The second-order valence-corrected chi connectivity index (χ2v) is 7.95. The molecule has 3 rings (SSSR count). The van der Waals surface area contributed by atoms with Gasteiger partial charge in [0, 0.05) is 23.0 Å². The molecule has 1 fully saturated rings. The number of hydrogen-bond donors (Lipinski definition) is 2. The Balaban J connectivity index is 1.43. The summed E-state index contributed by atoms with van der Waals surface area (Å²) < 4.78 is 0. The Morgan fingerprint density at radius 2 is 2.12 bits per heavy atom. The lowest BCUT2D eigenvalue weighted by atomic mass is 9.94. The number of hydrogen-bond acceptors (Lipinski definition) is 4. The molecule has 1 heterocycles. The third kappa shape index (κ3) is 4.98. The van der Waals surface area contributed by atoms with Crippen LogP contribution in [0, 0.1) is 0 Å². The Labute approximate surface area is 153 Å². The predicted molar refractivity (Wildman–Crippen MR) is 102 cm³/mol. The molecule has 1 saturated carbocycles. The highest BCUT2D eigenvalue weighted by molar-refractivity contribution is 8.00. The summed E-state index contributed by atoms with van der Waals surface area (Å²) in [5, 5.41) is 5.82. The Kier molecular flexibility index (Phi) is 6.37. The zero-order valence-corrected chi connectivity index (χ0v) is 15.7. The van der Waals surface area contributed by atoms with Crippen LogP contribution in [0.2, 0.25) is 0 Å². The molecule has 1 aliphatic heterocycles. The molecule has 0 saturated heterocycles.